The summed E-state index contributed by atoms with van der Waals surface area (Å²) < 4.78 is 5.57. The normalized spacial score (nSPS) is 21.3. The molecule has 2 nitrogen and oxygen atoms in total. The molecule has 0 bridgehead atoms. The number of ether oxygens (including phenoxy) is 1. The lowest BCUT2D eigenvalue weighted by molar-refractivity contribution is 0.246. The molecule has 1 aromatic heterocycles. The average molecular weight is 197 g/mol. The average Bonchev–Trinajstić information content (AvgIpc) is 2.51. The lowest BCUT2D eigenvalue weighted by Crippen LogP contribution is -2.24. The van der Waals surface area contributed by atoms with Gasteiger partial charge in [-0.2, -0.15) is 0 Å². The summed E-state index contributed by atoms with van der Waals surface area (Å²) in [5.74, 6) is 1.79. The van der Waals surface area contributed by atoms with Crippen molar-refractivity contribution in [2.45, 2.75) is 12.3 Å². The van der Waals surface area contributed by atoms with Crippen LogP contribution in [-0.4, -0.2) is 32.1 Å². The van der Waals surface area contributed by atoms with Gasteiger partial charge in [0, 0.05) is 23.4 Å². The van der Waals surface area contributed by atoms with Crippen molar-refractivity contribution in [3.05, 3.63) is 16.3 Å². The van der Waals surface area contributed by atoms with Crippen molar-refractivity contribution in [2.24, 2.45) is 0 Å². The molecule has 0 radical (unpaired) electrons. The molecule has 2 heterocycles. The highest BCUT2D eigenvalue weighted by Crippen LogP contribution is 2.36. The largest absolute Gasteiger partial charge is 0.492 e. The topological polar surface area (TPSA) is 12.5 Å². The molecule has 1 unspecified atom stereocenters. The zero-order valence-corrected chi connectivity index (χ0v) is 8.93. The van der Waals surface area contributed by atoms with Crippen LogP contribution in [0, 0.1) is 0 Å². The Hall–Kier alpha value is -0.540. The van der Waals surface area contributed by atoms with Crippen molar-refractivity contribution >= 4 is 11.3 Å². The second-order valence-electron chi connectivity index (χ2n) is 3.79. The fourth-order valence-corrected chi connectivity index (χ4v) is 2.66. The highest BCUT2D eigenvalue weighted by Gasteiger charge is 2.22. The van der Waals surface area contributed by atoms with Crippen molar-refractivity contribution in [2.75, 3.05) is 27.2 Å². The third-order valence-electron chi connectivity index (χ3n) is 2.40. The van der Waals surface area contributed by atoms with E-state index in [1.165, 1.54) is 5.56 Å². The van der Waals surface area contributed by atoms with Crippen LogP contribution in [0.2, 0.25) is 0 Å². The SMILES string of the molecule is CN(C)CC1CCOc2cscc21. The molecule has 0 saturated heterocycles. The summed E-state index contributed by atoms with van der Waals surface area (Å²) in [6, 6.07) is 0. The second kappa shape index (κ2) is 3.68. The third-order valence-corrected chi connectivity index (χ3v) is 3.14. The van der Waals surface area contributed by atoms with Gasteiger partial charge in [0.25, 0.3) is 0 Å². The van der Waals surface area contributed by atoms with Crippen LogP contribution in [0.25, 0.3) is 0 Å². The van der Waals surface area contributed by atoms with Crippen molar-refractivity contribution in [3.8, 4) is 5.75 Å². The smallest absolute Gasteiger partial charge is 0.133 e. The first-order valence-electron chi connectivity index (χ1n) is 4.61. The minimum Gasteiger partial charge on any atom is -0.492 e. The maximum absolute atomic E-state index is 5.57. The van der Waals surface area contributed by atoms with Crippen LogP contribution in [-0.2, 0) is 0 Å². The van der Waals surface area contributed by atoms with Crippen LogP contribution in [0.4, 0.5) is 0 Å². The molecule has 0 aromatic carbocycles. The molecular weight excluding hydrogens is 182 g/mol. The van der Waals surface area contributed by atoms with Gasteiger partial charge in [0.1, 0.15) is 5.75 Å². The van der Waals surface area contributed by atoms with Crippen LogP contribution in [0.3, 0.4) is 0 Å². The fourth-order valence-electron chi connectivity index (χ4n) is 1.81. The van der Waals surface area contributed by atoms with Gasteiger partial charge in [-0.15, -0.1) is 11.3 Å². The summed E-state index contributed by atoms with van der Waals surface area (Å²) in [5.41, 5.74) is 1.41. The lowest BCUT2D eigenvalue weighted by Gasteiger charge is -2.25. The Morgan fingerprint density at radius 3 is 3.15 bits per heavy atom. The van der Waals surface area contributed by atoms with Crippen LogP contribution in [0.15, 0.2) is 10.8 Å². The molecule has 0 N–H and O–H groups in total. The van der Waals surface area contributed by atoms with Gasteiger partial charge in [-0.3, -0.25) is 0 Å². The van der Waals surface area contributed by atoms with Crippen LogP contribution < -0.4 is 4.74 Å². The highest BCUT2D eigenvalue weighted by molar-refractivity contribution is 7.08. The first kappa shape index (κ1) is 9.03. The van der Waals surface area contributed by atoms with Crippen LogP contribution in [0.1, 0.15) is 17.9 Å². The van der Waals surface area contributed by atoms with E-state index in [1.807, 2.05) is 0 Å². The summed E-state index contributed by atoms with van der Waals surface area (Å²) in [4.78, 5) is 2.25. The quantitative estimate of drug-likeness (QED) is 0.720. The zero-order valence-electron chi connectivity index (χ0n) is 8.12. The van der Waals surface area contributed by atoms with Crippen LogP contribution >= 0.6 is 11.3 Å². The molecule has 72 valence electrons. The number of nitrogens with zero attached hydrogens (tertiary/aromatic N) is 1. The van der Waals surface area contributed by atoms with Gasteiger partial charge in [-0.05, 0) is 25.9 Å². The van der Waals surface area contributed by atoms with Gasteiger partial charge in [-0.1, -0.05) is 0 Å². The number of thiophene rings is 1. The predicted octanol–water partition coefficient (Wildman–Crippen LogP) is 2.18. The molecule has 1 atom stereocenters. The number of rotatable bonds is 2. The minimum atomic E-state index is 0.671. The molecule has 2 rings (SSSR count). The molecule has 0 spiro atoms. The minimum absolute atomic E-state index is 0.671. The van der Waals surface area contributed by atoms with Crippen molar-refractivity contribution in [3.63, 3.8) is 0 Å². The molecule has 1 aliphatic rings. The zero-order chi connectivity index (χ0) is 9.26. The molecule has 13 heavy (non-hydrogen) atoms. The van der Waals surface area contributed by atoms with E-state index in [1.54, 1.807) is 11.3 Å². The van der Waals surface area contributed by atoms with Gasteiger partial charge in [0.05, 0.1) is 6.61 Å². The maximum Gasteiger partial charge on any atom is 0.133 e. The Balaban J connectivity index is 2.15. The lowest BCUT2D eigenvalue weighted by atomic mass is 9.96. The molecule has 3 heteroatoms. The van der Waals surface area contributed by atoms with E-state index in [2.05, 4.69) is 29.8 Å². The van der Waals surface area contributed by atoms with E-state index in [0.717, 1.165) is 25.3 Å². The Morgan fingerprint density at radius 2 is 2.38 bits per heavy atom. The fraction of sp³-hybridized carbons (Fsp3) is 0.600. The molecule has 0 saturated carbocycles. The summed E-state index contributed by atoms with van der Waals surface area (Å²) in [6.45, 7) is 2.01. The Kier molecular flexibility index (Phi) is 2.56. The Morgan fingerprint density at radius 1 is 1.54 bits per heavy atom. The summed E-state index contributed by atoms with van der Waals surface area (Å²) in [7, 11) is 4.25. The molecular formula is C10H15NOS. The molecule has 0 aliphatic carbocycles. The summed E-state index contributed by atoms with van der Waals surface area (Å²) >= 11 is 1.74. The van der Waals surface area contributed by atoms with E-state index in [-0.39, 0.29) is 0 Å². The van der Waals surface area contributed by atoms with Crippen LogP contribution in [0.5, 0.6) is 5.75 Å². The van der Waals surface area contributed by atoms with Gasteiger partial charge >= 0.3 is 0 Å². The highest BCUT2D eigenvalue weighted by atomic mass is 32.1. The predicted molar refractivity (Wildman–Crippen MR) is 55.7 cm³/mol. The van der Waals surface area contributed by atoms with E-state index >= 15 is 0 Å². The molecule has 0 fully saturated rings. The monoisotopic (exact) mass is 197 g/mol. The van der Waals surface area contributed by atoms with Gasteiger partial charge in [0.15, 0.2) is 0 Å². The number of likely N-dealkylation sites (N-methyl/N-ethyl adjacent to an activating group) is 1. The molecule has 1 aliphatic heterocycles. The number of hydrogen-bond acceptors (Lipinski definition) is 3. The van der Waals surface area contributed by atoms with Gasteiger partial charge in [-0.25, -0.2) is 0 Å². The summed E-state index contributed by atoms with van der Waals surface area (Å²) in [5, 5.41) is 4.33. The van der Waals surface area contributed by atoms with E-state index < -0.39 is 0 Å². The first-order chi connectivity index (χ1) is 6.27. The standard InChI is InChI=1S/C10H15NOS/c1-11(2)5-8-3-4-12-10-7-13-6-9(8)10/h6-8H,3-5H2,1-2H3. The van der Waals surface area contributed by atoms with E-state index in [4.69, 9.17) is 4.74 Å². The Labute approximate surface area is 83.1 Å². The number of hydrogen-bond donors (Lipinski definition) is 0. The van der Waals surface area contributed by atoms with E-state index in [0.29, 0.717) is 5.92 Å². The third kappa shape index (κ3) is 1.86. The Bertz CT molecular complexity index is 282. The summed E-state index contributed by atoms with van der Waals surface area (Å²) in [6.07, 6.45) is 1.15. The molecule has 1 aromatic rings. The van der Waals surface area contributed by atoms with Crippen molar-refractivity contribution in [1.82, 2.24) is 4.90 Å². The second-order valence-corrected chi connectivity index (χ2v) is 4.53. The number of fused-ring (bicyclic) bond motifs is 1. The van der Waals surface area contributed by atoms with Gasteiger partial charge < -0.3 is 9.64 Å². The van der Waals surface area contributed by atoms with Crippen molar-refractivity contribution in [1.29, 1.82) is 0 Å². The van der Waals surface area contributed by atoms with E-state index in [9.17, 15) is 0 Å². The first-order valence-corrected chi connectivity index (χ1v) is 5.55. The maximum atomic E-state index is 5.57. The molecule has 0 amide bonds. The van der Waals surface area contributed by atoms with Crippen molar-refractivity contribution < 1.29 is 4.74 Å². The van der Waals surface area contributed by atoms with Gasteiger partial charge in [0.2, 0.25) is 0 Å².